The molecule has 0 bridgehead atoms. The maximum Gasteiger partial charge on any atom is 0.246 e. The normalized spacial score (nSPS) is 12.7. The third-order valence-electron chi connectivity index (χ3n) is 2.65. The Morgan fingerprint density at radius 3 is 2.56 bits per heavy atom. The molecule has 2 rings (SSSR count). The molecule has 18 heavy (non-hydrogen) atoms. The van der Waals surface area contributed by atoms with Crippen molar-refractivity contribution in [3.8, 4) is 11.4 Å². The number of rotatable bonds is 3. The second-order valence-corrected chi connectivity index (χ2v) is 4.96. The number of aliphatic hydroxyl groups is 1. The van der Waals surface area contributed by atoms with Crippen LogP contribution in [0.2, 0.25) is 0 Å². The zero-order valence-corrected chi connectivity index (χ0v) is 11.7. The first-order valence-electron chi connectivity index (χ1n) is 5.50. The van der Waals surface area contributed by atoms with Crippen LogP contribution in [0.4, 0.5) is 0 Å². The first kappa shape index (κ1) is 13.2. The molecule has 0 spiro atoms. The second kappa shape index (κ2) is 5.17. The van der Waals surface area contributed by atoms with Crippen molar-refractivity contribution in [3.05, 3.63) is 33.6 Å². The molecule has 2 aromatic rings. The van der Waals surface area contributed by atoms with Crippen LogP contribution in [0.15, 0.2) is 21.1 Å². The van der Waals surface area contributed by atoms with E-state index < -0.39 is 6.04 Å². The van der Waals surface area contributed by atoms with E-state index in [2.05, 4.69) is 26.1 Å². The van der Waals surface area contributed by atoms with Crippen LogP contribution >= 0.6 is 15.9 Å². The van der Waals surface area contributed by atoms with E-state index in [9.17, 15) is 0 Å². The van der Waals surface area contributed by atoms with E-state index in [-0.39, 0.29) is 12.5 Å². The van der Waals surface area contributed by atoms with Gasteiger partial charge in [-0.1, -0.05) is 21.1 Å². The quantitative estimate of drug-likeness (QED) is 0.906. The molecule has 0 unspecified atom stereocenters. The highest BCUT2D eigenvalue weighted by Crippen LogP contribution is 2.27. The third kappa shape index (κ3) is 2.45. The van der Waals surface area contributed by atoms with E-state index in [0.29, 0.717) is 5.82 Å². The molecule has 96 valence electrons. The van der Waals surface area contributed by atoms with Crippen LogP contribution in [-0.4, -0.2) is 21.9 Å². The van der Waals surface area contributed by atoms with Crippen LogP contribution in [-0.2, 0) is 0 Å². The number of halogens is 1. The molecule has 0 aliphatic heterocycles. The van der Waals surface area contributed by atoms with Crippen molar-refractivity contribution in [2.75, 3.05) is 6.61 Å². The first-order chi connectivity index (χ1) is 8.52. The molecule has 0 aliphatic carbocycles. The van der Waals surface area contributed by atoms with E-state index in [1.54, 1.807) is 0 Å². The number of aliphatic hydroxyl groups excluding tert-OH is 1. The molecule has 0 amide bonds. The Kier molecular flexibility index (Phi) is 3.79. The Hall–Kier alpha value is -1.24. The number of benzene rings is 1. The molecular formula is C12H14BrN3O2. The summed E-state index contributed by atoms with van der Waals surface area (Å²) in [5.41, 5.74) is 8.68. The minimum Gasteiger partial charge on any atom is -0.394 e. The number of nitrogens with two attached hydrogens (primary N) is 1. The summed E-state index contributed by atoms with van der Waals surface area (Å²) in [5, 5.41) is 12.8. The van der Waals surface area contributed by atoms with Gasteiger partial charge in [-0.05, 0) is 37.1 Å². The fourth-order valence-corrected chi connectivity index (χ4v) is 1.89. The number of aryl methyl sites for hydroxylation is 2. The summed E-state index contributed by atoms with van der Waals surface area (Å²) in [6, 6.07) is 3.30. The van der Waals surface area contributed by atoms with Crippen molar-refractivity contribution in [2.24, 2.45) is 5.73 Å². The van der Waals surface area contributed by atoms with Crippen LogP contribution < -0.4 is 5.73 Å². The molecule has 0 radical (unpaired) electrons. The molecule has 0 fully saturated rings. The summed E-state index contributed by atoms with van der Waals surface area (Å²) < 4.78 is 6.10. The standard InChI is InChI=1S/C12H14BrN3O2/c1-6-3-8(4-7(2)10(6)13)11-15-12(18-16-11)9(14)5-17/h3-4,9,17H,5,14H2,1-2H3/t9-/m1/s1. The Bertz CT molecular complexity index is 545. The van der Waals surface area contributed by atoms with Crippen molar-refractivity contribution < 1.29 is 9.63 Å². The van der Waals surface area contributed by atoms with Gasteiger partial charge in [-0.15, -0.1) is 0 Å². The third-order valence-corrected chi connectivity index (χ3v) is 3.90. The van der Waals surface area contributed by atoms with Crippen LogP contribution in [0.5, 0.6) is 0 Å². The summed E-state index contributed by atoms with van der Waals surface area (Å²) in [6.45, 7) is 3.78. The zero-order valence-electron chi connectivity index (χ0n) is 10.1. The van der Waals surface area contributed by atoms with Crippen LogP contribution in [0.25, 0.3) is 11.4 Å². The lowest BCUT2D eigenvalue weighted by molar-refractivity contribution is 0.237. The lowest BCUT2D eigenvalue weighted by Gasteiger charge is -2.04. The highest BCUT2D eigenvalue weighted by molar-refractivity contribution is 9.10. The molecule has 1 atom stereocenters. The number of hydrogen-bond acceptors (Lipinski definition) is 5. The van der Waals surface area contributed by atoms with Gasteiger partial charge in [0.05, 0.1) is 6.61 Å². The number of nitrogens with zero attached hydrogens (tertiary/aromatic N) is 2. The molecule has 1 aromatic carbocycles. The molecule has 0 aliphatic rings. The monoisotopic (exact) mass is 311 g/mol. The second-order valence-electron chi connectivity index (χ2n) is 4.17. The Morgan fingerprint density at radius 1 is 1.39 bits per heavy atom. The lowest BCUT2D eigenvalue weighted by atomic mass is 10.1. The summed E-state index contributed by atoms with van der Waals surface area (Å²) in [4.78, 5) is 4.19. The maximum absolute atomic E-state index is 8.93. The van der Waals surface area contributed by atoms with Crippen molar-refractivity contribution in [1.82, 2.24) is 10.1 Å². The van der Waals surface area contributed by atoms with Crippen LogP contribution in [0.1, 0.15) is 23.1 Å². The highest BCUT2D eigenvalue weighted by atomic mass is 79.9. The van der Waals surface area contributed by atoms with Gasteiger partial charge in [-0.25, -0.2) is 0 Å². The van der Waals surface area contributed by atoms with Gasteiger partial charge < -0.3 is 15.4 Å². The Labute approximate surface area is 113 Å². The highest BCUT2D eigenvalue weighted by Gasteiger charge is 2.15. The van der Waals surface area contributed by atoms with Gasteiger partial charge in [0.15, 0.2) is 0 Å². The zero-order chi connectivity index (χ0) is 13.3. The summed E-state index contributed by atoms with van der Waals surface area (Å²) >= 11 is 3.51. The van der Waals surface area contributed by atoms with Crippen molar-refractivity contribution in [2.45, 2.75) is 19.9 Å². The fourth-order valence-electron chi connectivity index (χ4n) is 1.66. The van der Waals surface area contributed by atoms with E-state index in [1.165, 1.54) is 0 Å². The summed E-state index contributed by atoms with van der Waals surface area (Å²) in [5.74, 6) is 0.721. The first-order valence-corrected chi connectivity index (χ1v) is 6.29. The number of hydrogen-bond donors (Lipinski definition) is 2. The number of aromatic nitrogens is 2. The van der Waals surface area contributed by atoms with E-state index in [4.69, 9.17) is 15.4 Å². The van der Waals surface area contributed by atoms with Crippen molar-refractivity contribution >= 4 is 15.9 Å². The Balaban J connectivity index is 2.40. The smallest absolute Gasteiger partial charge is 0.246 e. The molecule has 1 heterocycles. The van der Waals surface area contributed by atoms with Gasteiger partial charge in [0.1, 0.15) is 6.04 Å². The minimum atomic E-state index is -0.635. The molecule has 0 saturated carbocycles. The van der Waals surface area contributed by atoms with Gasteiger partial charge in [0.25, 0.3) is 0 Å². The molecule has 3 N–H and O–H groups in total. The maximum atomic E-state index is 8.93. The fraction of sp³-hybridized carbons (Fsp3) is 0.333. The van der Waals surface area contributed by atoms with Gasteiger partial charge >= 0.3 is 0 Å². The molecular weight excluding hydrogens is 298 g/mol. The molecule has 6 heteroatoms. The van der Waals surface area contributed by atoms with Crippen LogP contribution in [0.3, 0.4) is 0 Å². The summed E-state index contributed by atoms with van der Waals surface area (Å²) in [6.07, 6.45) is 0. The van der Waals surface area contributed by atoms with Gasteiger partial charge in [-0.2, -0.15) is 4.98 Å². The average Bonchev–Trinajstić information content (AvgIpc) is 2.84. The summed E-state index contributed by atoms with van der Waals surface area (Å²) in [7, 11) is 0. The molecule has 0 saturated heterocycles. The Morgan fingerprint density at radius 2 is 2.00 bits per heavy atom. The largest absolute Gasteiger partial charge is 0.394 e. The minimum absolute atomic E-state index is 0.222. The van der Waals surface area contributed by atoms with E-state index in [0.717, 1.165) is 21.2 Å². The van der Waals surface area contributed by atoms with Gasteiger partial charge in [0, 0.05) is 10.0 Å². The van der Waals surface area contributed by atoms with Gasteiger partial charge in [-0.3, -0.25) is 0 Å². The van der Waals surface area contributed by atoms with Gasteiger partial charge in [0.2, 0.25) is 11.7 Å². The predicted octanol–water partition coefficient (Wildman–Crippen LogP) is 2.11. The topological polar surface area (TPSA) is 85.2 Å². The SMILES string of the molecule is Cc1cc(-c2noc([C@H](N)CO)n2)cc(C)c1Br. The van der Waals surface area contributed by atoms with E-state index in [1.807, 2.05) is 26.0 Å². The average molecular weight is 312 g/mol. The van der Waals surface area contributed by atoms with Crippen molar-refractivity contribution in [1.29, 1.82) is 0 Å². The van der Waals surface area contributed by atoms with Crippen LogP contribution in [0, 0.1) is 13.8 Å². The molecule has 1 aromatic heterocycles. The van der Waals surface area contributed by atoms with E-state index >= 15 is 0 Å². The predicted molar refractivity (Wildman–Crippen MR) is 70.9 cm³/mol. The molecule has 5 nitrogen and oxygen atoms in total. The van der Waals surface area contributed by atoms with Crippen molar-refractivity contribution in [3.63, 3.8) is 0 Å². The lowest BCUT2D eigenvalue weighted by Crippen LogP contribution is -2.14.